The zero-order valence-electron chi connectivity index (χ0n) is 19.2. The van der Waals surface area contributed by atoms with Gasteiger partial charge in [0.2, 0.25) is 0 Å². The second-order valence-electron chi connectivity index (χ2n) is 8.60. The molecule has 0 saturated carbocycles. The van der Waals surface area contributed by atoms with Crippen LogP contribution in [-0.4, -0.2) is 21.3 Å². The molecule has 1 aliphatic heterocycles. The lowest BCUT2D eigenvalue weighted by molar-refractivity contribution is -0.141. The minimum Gasteiger partial charge on any atom is -0.386 e. The minimum absolute atomic E-state index is 0.0433. The Hall–Kier alpha value is -4.27. The second kappa shape index (κ2) is 8.75. The zero-order valence-corrected chi connectivity index (χ0v) is 19.2. The molecule has 3 aromatic carbocycles. The van der Waals surface area contributed by atoms with E-state index < -0.39 is 23.2 Å². The van der Waals surface area contributed by atoms with Gasteiger partial charge in [-0.2, -0.15) is 18.3 Å². The molecule has 0 radical (unpaired) electrons. The minimum atomic E-state index is -4.66. The maximum absolute atomic E-state index is 15.2. The van der Waals surface area contributed by atoms with Crippen molar-refractivity contribution in [2.45, 2.75) is 25.2 Å². The highest BCUT2D eigenvalue weighted by atomic mass is 19.4. The summed E-state index contributed by atoms with van der Waals surface area (Å²) in [5, 5.41) is 3.65. The van der Waals surface area contributed by atoms with Crippen molar-refractivity contribution < 1.29 is 17.6 Å². The highest BCUT2D eigenvalue weighted by molar-refractivity contribution is 6.13. The summed E-state index contributed by atoms with van der Waals surface area (Å²) in [5.74, 6) is -0.596. The van der Waals surface area contributed by atoms with Gasteiger partial charge in [-0.25, -0.2) is 9.38 Å². The number of rotatable bonds is 4. The lowest BCUT2D eigenvalue weighted by atomic mass is 9.87. The zero-order chi connectivity index (χ0) is 25.5. The lowest BCUT2D eigenvalue weighted by Gasteiger charge is -2.31. The maximum atomic E-state index is 15.2. The lowest BCUT2D eigenvalue weighted by Crippen LogP contribution is -2.37. The van der Waals surface area contributed by atoms with Crippen LogP contribution in [0.4, 0.5) is 23.2 Å². The van der Waals surface area contributed by atoms with Crippen molar-refractivity contribution >= 4 is 17.2 Å². The molecule has 1 aliphatic rings. The van der Waals surface area contributed by atoms with Crippen molar-refractivity contribution in [3.63, 3.8) is 0 Å². The highest BCUT2D eigenvalue weighted by Gasteiger charge is 2.42. The van der Waals surface area contributed by atoms with Gasteiger partial charge in [0.25, 0.3) is 0 Å². The van der Waals surface area contributed by atoms with Crippen LogP contribution in [0.1, 0.15) is 35.0 Å². The number of benzene rings is 3. The van der Waals surface area contributed by atoms with Gasteiger partial charge in [0.15, 0.2) is 5.69 Å². The molecular formula is C27H21F4N5. The number of hydrogen-bond donors (Lipinski definition) is 1. The van der Waals surface area contributed by atoms with Gasteiger partial charge in [-0.15, -0.1) is 0 Å². The summed E-state index contributed by atoms with van der Waals surface area (Å²) in [6.07, 6.45) is -4.66. The fourth-order valence-corrected chi connectivity index (χ4v) is 4.37. The average Bonchev–Trinajstić information content (AvgIpc) is 3.30. The van der Waals surface area contributed by atoms with Crippen LogP contribution in [0, 0.1) is 5.82 Å². The molecule has 0 bridgehead atoms. The molecule has 0 amide bonds. The van der Waals surface area contributed by atoms with Crippen LogP contribution < -0.4 is 5.73 Å². The molecule has 2 N–H and O–H groups in total. The number of aromatic nitrogens is 2. The first-order valence-corrected chi connectivity index (χ1v) is 11.1. The van der Waals surface area contributed by atoms with Crippen LogP contribution in [0.15, 0.2) is 94.9 Å². The molecule has 1 unspecified atom stereocenters. The van der Waals surface area contributed by atoms with Crippen molar-refractivity contribution in [3.05, 3.63) is 119 Å². The first kappa shape index (κ1) is 23.5. The summed E-state index contributed by atoms with van der Waals surface area (Å²) in [6.45, 7) is 1.40. The number of nitrogens with zero attached hydrogens (tertiary/aromatic N) is 4. The van der Waals surface area contributed by atoms with E-state index in [4.69, 9.17) is 10.7 Å². The van der Waals surface area contributed by atoms with Crippen LogP contribution in [0.5, 0.6) is 0 Å². The van der Waals surface area contributed by atoms with Crippen LogP contribution in [0.2, 0.25) is 0 Å². The summed E-state index contributed by atoms with van der Waals surface area (Å²) in [6, 6.07) is 24.2. The number of fused-ring (bicyclic) bond motifs is 1. The standard InChI is InChI=1S/C27H21F4N5/c1-26(23-15-22(27(29,30)31)35-36(23)16-24(32)34-26)20-14-19(12-13-21(20)28)33-25(17-8-4-2-5-9-17)18-10-6-3-7-11-18/h2-15H,16H2,1H3,(H2,32,34). The van der Waals surface area contributed by atoms with E-state index in [-0.39, 0.29) is 23.6 Å². The predicted molar refractivity (Wildman–Crippen MR) is 130 cm³/mol. The predicted octanol–water partition coefficient (Wildman–Crippen LogP) is 5.84. The van der Waals surface area contributed by atoms with E-state index in [0.29, 0.717) is 11.4 Å². The Morgan fingerprint density at radius 3 is 2.14 bits per heavy atom. The maximum Gasteiger partial charge on any atom is 0.435 e. The Morgan fingerprint density at radius 1 is 0.944 bits per heavy atom. The Bertz CT molecular complexity index is 1430. The molecule has 1 aromatic heterocycles. The Kier molecular flexibility index (Phi) is 5.70. The fourth-order valence-electron chi connectivity index (χ4n) is 4.37. The third kappa shape index (κ3) is 4.28. The van der Waals surface area contributed by atoms with Gasteiger partial charge in [0, 0.05) is 16.7 Å². The van der Waals surface area contributed by atoms with Crippen LogP contribution >= 0.6 is 0 Å². The van der Waals surface area contributed by atoms with Crippen LogP contribution in [0.25, 0.3) is 0 Å². The number of nitrogens with two attached hydrogens (primary N) is 1. The molecule has 0 spiro atoms. The average molecular weight is 491 g/mol. The van der Waals surface area contributed by atoms with Crippen molar-refractivity contribution in [1.82, 2.24) is 9.78 Å². The number of halogens is 4. The van der Waals surface area contributed by atoms with Crippen molar-refractivity contribution in [2.75, 3.05) is 0 Å². The Labute approximate surface area is 204 Å². The molecule has 36 heavy (non-hydrogen) atoms. The first-order chi connectivity index (χ1) is 17.1. The monoisotopic (exact) mass is 491 g/mol. The molecule has 1 atom stereocenters. The first-order valence-electron chi connectivity index (χ1n) is 11.1. The van der Waals surface area contributed by atoms with Gasteiger partial charge in [0.05, 0.1) is 23.6 Å². The summed E-state index contributed by atoms with van der Waals surface area (Å²) in [5.41, 5.74) is 6.26. The van der Waals surface area contributed by atoms with E-state index in [2.05, 4.69) is 10.1 Å². The number of hydrogen-bond acceptors (Lipinski definition) is 4. The number of alkyl halides is 3. The van der Waals surface area contributed by atoms with Crippen molar-refractivity contribution in [3.8, 4) is 0 Å². The van der Waals surface area contributed by atoms with E-state index in [0.717, 1.165) is 21.9 Å². The molecule has 5 rings (SSSR count). The molecule has 182 valence electrons. The largest absolute Gasteiger partial charge is 0.435 e. The molecule has 9 heteroatoms. The molecule has 2 heterocycles. The van der Waals surface area contributed by atoms with Crippen LogP contribution in [-0.2, 0) is 18.3 Å². The second-order valence-corrected chi connectivity index (χ2v) is 8.60. The number of aliphatic imine (C=N–C) groups is 2. The third-order valence-electron chi connectivity index (χ3n) is 6.06. The van der Waals surface area contributed by atoms with Gasteiger partial charge in [0.1, 0.15) is 17.2 Å². The summed E-state index contributed by atoms with van der Waals surface area (Å²) < 4.78 is 56.6. The van der Waals surface area contributed by atoms with Crippen LogP contribution in [0.3, 0.4) is 0 Å². The van der Waals surface area contributed by atoms with E-state index in [1.807, 2.05) is 60.7 Å². The summed E-state index contributed by atoms with van der Waals surface area (Å²) in [4.78, 5) is 9.21. The Balaban J connectivity index is 1.67. The van der Waals surface area contributed by atoms with E-state index >= 15 is 4.39 Å². The third-order valence-corrected chi connectivity index (χ3v) is 6.06. The Morgan fingerprint density at radius 2 is 1.56 bits per heavy atom. The van der Waals surface area contributed by atoms with Crippen molar-refractivity contribution in [2.24, 2.45) is 15.7 Å². The summed E-state index contributed by atoms with van der Waals surface area (Å²) >= 11 is 0. The van der Waals surface area contributed by atoms with Gasteiger partial charge >= 0.3 is 6.18 Å². The topological polar surface area (TPSA) is 68.6 Å². The van der Waals surface area contributed by atoms with Gasteiger partial charge < -0.3 is 5.73 Å². The van der Waals surface area contributed by atoms with E-state index in [1.165, 1.54) is 25.1 Å². The molecule has 4 aromatic rings. The SMILES string of the molecule is CC1(c2cc(N=C(c3ccccc3)c3ccccc3)ccc2F)N=C(N)Cn2nc(C(F)(F)F)cc21. The normalized spacial score (nSPS) is 17.3. The van der Waals surface area contributed by atoms with Gasteiger partial charge in [-0.1, -0.05) is 60.7 Å². The van der Waals surface area contributed by atoms with Gasteiger partial charge in [-0.3, -0.25) is 9.67 Å². The van der Waals surface area contributed by atoms with E-state index in [9.17, 15) is 13.2 Å². The van der Waals surface area contributed by atoms with E-state index in [1.54, 1.807) is 0 Å². The smallest absolute Gasteiger partial charge is 0.386 e. The molecular weight excluding hydrogens is 470 g/mol. The molecule has 5 nitrogen and oxygen atoms in total. The van der Waals surface area contributed by atoms with Crippen molar-refractivity contribution in [1.29, 1.82) is 0 Å². The number of amidine groups is 1. The summed E-state index contributed by atoms with van der Waals surface area (Å²) in [7, 11) is 0. The fraction of sp³-hybridized carbons (Fsp3) is 0.148. The quantitative estimate of drug-likeness (QED) is 0.288. The molecule has 0 fully saturated rings. The molecule has 0 saturated heterocycles. The highest BCUT2D eigenvalue weighted by Crippen LogP contribution is 2.41. The molecule has 0 aliphatic carbocycles. The van der Waals surface area contributed by atoms with Gasteiger partial charge in [-0.05, 0) is 31.2 Å².